The third kappa shape index (κ3) is 3.68. The molecule has 2 aromatic rings. The maximum absolute atomic E-state index is 12.7. The molecule has 2 aromatic carbocycles. The number of hydrogen-bond acceptors (Lipinski definition) is 7. The van der Waals surface area contributed by atoms with E-state index < -0.39 is 39.3 Å². The molecule has 0 aliphatic carbocycles. The molecule has 0 aromatic heterocycles. The SMILES string of the molecule is [2H]C([2H])(c1ccccc1)S(=O)(=O)OC1=C(N)O[C@@]([2H])(c2ccc(C#N)cc2)C1=O. The van der Waals surface area contributed by atoms with Gasteiger partial charge in [0.1, 0.15) is 5.70 Å². The van der Waals surface area contributed by atoms with Crippen LogP contribution in [0.2, 0.25) is 0 Å². The smallest absolute Gasteiger partial charge is 0.313 e. The molecule has 1 heterocycles. The van der Waals surface area contributed by atoms with Crippen molar-refractivity contribution < 1.29 is 26.2 Å². The number of carbonyl (C=O) groups is 1. The Bertz CT molecular complexity index is 1140. The number of hydrogen-bond donors (Lipinski definition) is 1. The van der Waals surface area contributed by atoms with Crippen molar-refractivity contribution >= 4 is 15.9 Å². The van der Waals surface area contributed by atoms with Crippen LogP contribution in [-0.2, 0) is 29.5 Å². The molecular weight excluding hydrogens is 356 g/mol. The van der Waals surface area contributed by atoms with Gasteiger partial charge >= 0.3 is 10.1 Å². The van der Waals surface area contributed by atoms with Crippen LogP contribution in [0.5, 0.6) is 0 Å². The van der Waals surface area contributed by atoms with Gasteiger partial charge in [0.15, 0.2) is 6.08 Å². The van der Waals surface area contributed by atoms with Crippen LogP contribution < -0.4 is 5.73 Å². The minimum Gasteiger partial charge on any atom is -0.460 e. The fraction of sp³-hybridized carbons (Fsp3) is 0.111. The van der Waals surface area contributed by atoms with Crippen molar-refractivity contribution in [1.29, 1.82) is 5.26 Å². The van der Waals surface area contributed by atoms with Gasteiger partial charge in [0.2, 0.25) is 17.4 Å². The standard InChI is InChI=1S/C18H14N2O5S/c19-10-12-6-8-14(9-7-12)16-15(21)17(18(20)24-16)25-26(22,23)11-13-4-2-1-3-5-13/h1-9,16H,11,20H2/t16-/m0/s1/i11D2,16D. The summed E-state index contributed by atoms with van der Waals surface area (Å²) < 4.78 is 59.0. The summed E-state index contributed by atoms with van der Waals surface area (Å²) in [6.07, 6.45) is -2.43. The number of nitriles is 1. The predicted octanol–water partition coefficient (Wildman–Crippen LogP) is 1.87. The van der Waals surface area contributed by atoms with E-state index in [1.54, 1.807) is 6.07 Å². The van der Waals surface area contributed by atoms with E-state index in [0.29, 0.717) is 0 Å². The molecule has 0 saturated carbocycles. The van der Waals surface area contributed by atoms with E-state index >= 15 is 0 Å². The molecule has 1 aliphatic rings. The van der Waals surface area contributed by atoms with Crippen LogP contribution >= 0.6 is 0 Å². The Morgan fingerprint density at radius 3 is 2.50 bits per heavy atom. The molecule has 0 radical (unpaired) electrons. The van der Waals surface area contributed by atoms with Crippen molar-refractivity contribution in [2.75, 3.05) is 0 Å². The third-order valence-electron chi connectivity index (χ3n) is 3.33. The van der Waals surface area contributed by atoms with Crippen molar-refractivity contribution in [1.82, 2.24) is 0 Å². The number of nitrogens with two attached hydrogens (primary N) is 1. The van der Waals surface area contributed by atoms with E-state index in [1.165, 1.54) is 48.5 Å². The second-order valence-electron chi connectivity index (χ2n) is 5.15. The molecule has 8 heteroatoms. The van der Waals surface area contributed by atoms with E-state index in [1.807, 2.05) is 6.07 Å². The lowest BCUT2D eigenvalue weighted by atomic mass is 10.0. The summed E-state index contributed by atoms with van der Waals surface area (Å²) in [7, 11) is -5.04. The molecular formula is C18H14N2O5S. The largest absolute Gasteiger partial charge is 0.460 e. The number of ketones is 1. The molecule has 1 aliphatic heterocycles. The summed E-state index contributed by atoms with van der Waals surface area (Å²) in [5.41, 5.74) is 2.64. The third-order valence-corrected chi connectivity index (χ3v) is 4.21. The zero-order valence-electron chi connectivity index (χ0n) is 16.2. The minimum atomic E-state index is -5.04. The molecule has 132 valence electrons. The molecule has 0 fully saturated rings. The Balaban J connectivity index is 1.92. The van der Waals surface area contributed by atoms with Gasteiger partial charge < -0.3 is 14.7 Å². The van der Waals surface area contributed by atoms with Gasteiger partial charge in [0, 0.05) is 5.56 Å². The fourth-order valence-electron chi connectivity index (χ4n) is 2.16. The van der Waals surface area contributed by atoms with Crippen molar-refractivity contribution in [2.24, 2.45) is 5.73 Å². The Kier molecular flexibility index (Phi) is 3.69. The Labute approximate surface area is 154 Å². The second-order valence-corrected chi connectivity index (χ2v) is 6.43. The number of nitrogens with zero attached hydrogens (tertiary/aromatic N) is 1. The Morgan fingerprint density at radius 2 is 1.88 bits per heavy atom. The minimum absolute atomic E-state index is 0.00785. The van der Waals surface area contributed by atoms with Gasteiger partial charge in [-0.05, 0) is 17.7 Å². The number of Topliss-reactive ketones (excluding diaryl/α,β-unsaturated/α-hetero) is 1. The Morgan fingerprint density at radius 1 is 1.23 bits per heavy atom. The van der Waals surface area contributed by atoms with Crippen molar-refractivity contribution in [3.8, 4) is 6.07 Å². The van der Waals surface area contributed by atoms with Gasteiger partial charge in [0.25, 0.3) is 0 Å². The van der Waals surface area contributed by atoms with Crippen LogP contribution in [0.25, 0.3) is 0 Å². The molecule has 0 unspecified atom stereocenters. The fourth-order valence-corrected chi connectivity index (χ4v) is 3.01. The lowest BCUT2D eigenvalue weighted by Gasteiger charge is -2.09. The molecule has 0 saturated heterocycles. The van der Waals surface area contributed by atoms with E-state index in [-0.39, 0.29) is 16.7 Å². The highest BCUT2D eigenvalue weighted by atomic mass is 32.2. The van der Waals surface area contributed by atoms with E-state index in [4.69, 9.17) is 24.0 Å². The van der Waals surface area contributed by atoms with Crippen molar-refractivity contribution in [3.05, 3.63) is 82.9 Å². The first-order valence-corrected chi connectivity index (χ1v) is 8.67. The van der Waals surface area contributed by atoms with Gasteiger partial charge in [0.05, 0.1) is 15.7 Å². The topological polar surface area (TPSA) is 119 Å². The van der Waals surface area contributed by atoms with Crippen LogP contribution in [0.4, 0.5) is 0 Å². The van der Waals surface area contributed by atoms with Gasteiger partial charge in [-0.2, -0.15) is 13.7 Å². The monoisotopic (exact) mass is 373 g/mol. The lowest BCUT2D eigenvalue weighted by molar-refractivity contribution is -0.123. The van der Waals surface area contributed by atoms with E-state index in [9.17, 15) is 13.2 Å². The van der Waals surface area contributed by atoms with Crippen LogP contribution in [0.3, 0.4) is 0 Å². The first-order valence-electron chi connectivity index (χ1n) is 8.76. The first-order chi connectivity index (χ1) is 13.5. The Hall–Kier alpha value is -3.31. The van der Waals surface area contributed by atoms with Crippen LogP contribution in [0.15, 0.2) is 66.2 Å². The summed E-state index contributed by atoms with van der Waals surface area (Å²) in [4.78, 5) is 12.7. The predicted molar refractivity (Wildman–Crippen MR) is 91.4 cm³/mol. The summed E-state index contributed by atoms with van der Waals surface area (Å²) >= 11 is 0. The quantitative estimate of drug-likeness (QED) is 0.795. The first kappa shape index (κ1) is 13.9. The van der Waals surface area contributed by atoms with Crippen LogP contribution in [0, 0.1) is 11.3 Å². The van der Waals surface area contributed by atoms with Gasteiger partial charge in [-0.1, -0.05) is 42.5 Å². The number of rotatable bonds is 5. The highest BCUT2D eigenvalue weighted by Gasteiger charge is 2.39. The molecule has 7 nitrogen and oxygen atoms in total. The summed E-state index contributed by atoms with van der Waals surface area (Å²) in [6, 6.07) is 14.1. The highest BCUT2D eigenvalue weighted by Crippen LogP contribution is 2.32. The van der Waals surface area contributed by atoms with Gasteiger partial charge in [-0.25, -0.2) is 0 Å². The summed E-state index contributed by atoms with van der Waals surface area (Å²) in [5.74, 6) is -2.96. The van der Waals surface area contributed by atoms with Crippen LogP contribution in [0.1, 0.15) is 26.9 Å². The average Bonchev–Trinajstić information content (AvgIpc) is 2.92. The van der Waals surface area contributed by atoms with E-state index in [0.717, 1.165) is 0 Å². The molecule has 2 N–H and O–H groups in total. The maximum Gasteiger partial charge on any atom is 0.313 e. The highest BCUT2D eigenvalue weighted by molar-refractivity contribution is 7.86. The van der Waals surface area contributed by atoms with Crippen molar-refractivity contribution in [3.63, 3.8) is 0 Å². The van der Waals surface area contributed by atoms with E-state index in [2.05, 4.69) is 0 Å². The second kappa shape index (κ2) is 6.90. The molecule has 0 bridgehead atoms. The molecule has 0 amide bonds. The number of carbonyl (C=O) groups excluding carboxylic acids is 1. The summed E-state index contributed by atoms with van der Waals surface area (Å²) in [6.45, 7) is 0. The zero-order chi connectivity index (χ0) is 21.4. The maximum atomic E-state index is 12.7. The lowest BCUT2D eigenvalue weighted by Crippen LogP contribution is -2.16. The number of benzene rings is 2. The van der Waals surface area contributed by atoms with Crippen molar-refractivity contribution in [2.45, 2.75) is 11.8 Å². The average molecular weight is 373 g/mol. The normalized spacial score (nSPS) is 22.0. The van der Waals surface area contributed by atoms with Crippen LogP contribution in [-0.4, -0.2) is 14.2 Å². The molecule has 26 heavy (non-hydrogen) atoms. The van der Waals surface area contributed by atoms with Gasteiger partial charge in [-0.3, -0.25) is 4.79 Å². The van der Waals surface area contributed by atoms with Gasteiger partial charge in [-0.15, -0.1) is 0 Å². The molecule has 3 rings (SSSR count). The summed E-state index contributed by atoms with van der Waals surface area (Å²) in [5, 5.41) is 8.85. The molecule has 1 atom stereocenters. The zero-order valence-corrected chi connectivity index (χ0v) is 14.0. The number of ether oxygens (including phenoxy) is 1. The molecule has 0 spiro atoms.